The summed E-state index contributed by atoms with van der Waals surface area (Å²) >= 11 is 0. The van der Waals surface area contributed by atoms with E-state index in [-0.39, 0.29) is 131 Å². The number of carbonyl (C=O) groups excluding carboxylic acids is 1. The SMILES string of the molecule is O.O.O.O.O.O.O.O=C[C@H](O)[C@@H](O)[C@H](O)[C@H](O)CO.O=S(=O)([O-])[O-].[Cl-].[K+].[Mg+2]. The van der Waals surface area contributed by atoms with Crippen molar-refractivity contribution in [3.8, 4) is 0 Å². The Morgan fingerprint density at radius 3 is 1.19 bits per heavy atom. The van der Waals surface area contributed by atoms with Crippen molar-refractivity contribution in [3.63, 3.8) is 0 Å². The molecule has 19 N–H and O–H groups in total. The third-order valence-corrected chi connectivity index (χ3v) is 1.42. The molecule has 0 spiro atoms. The number of aliphatic hydroxyl groups is 5. The van der Waals surface area contributed by atoms with E-state index >= 15 is 0 Å². The number of hydrogen-bond donors (Lipinski definition) is 5. The second kappa shape index (κ2) is 42.0. The summed E-state index contributed by atoms with van der Waals surface area (Å²) in [6.07, 6.45) is -6.84. The van der Waals surface area contributed by atoms with Crippen molar-refractivity contribution in [2.24, 2.45) is 0 Å². The van der Waals surface area contributed by atoms with E-state index in [9.17, 15) is 4.79 Å². The molecule has 0 aliphatic carbocycles. The van der Waals surface area contributed by atoms with Crippen LogP contribution in [0, 0.1) is 0 Å². The van der Waals surface area contributed by atoms with Crippen LogP contribution in [0.3, 0.4) is 0 Å². The molecule has 0 aliphatic rings. The minimum absolute atomic E-state index is 0. The summed E-state index contributed by atoms with van der Waals surface area (Å²) < 4.78 is 34.1. The fraction of sp³-hybridized carbons (Fsp3) is 0.833. The average molecular weight is 501 g/mol. The van der Waals surface area contributed by atoms with E-state index in [1.807, 2.05) is 0 Å². The molecule has 0 aromatic heterocycles. The molecule has 0 amide bonds. The molecule has 0 bridgehead atoms. The van der Waals surface area contributed by atoms with Gasteiger partial charge >= 0.3 is 74.4 Å². The molecule has 0 saturated heterocycles. The zero-order valence-electron chi connectivity index (χ0n) is 13.9. The maximum Gasteiger partial charge on any atom is 2.00 e. The third-order valence-electron chi connectivity index (χ3n) is 1.42. The molecule has 0 saturated carbocycles. The first-order valence-corrected chi connectivity index (χ1v) is 5.33. The Bertz CT molecular complexity index is 315. The number of aliphatic hydroxyl groups excluding tert-OH is 5. The Morgan fingerprint density at radius 2 is 1.04 bits per heavy atom. The molecular weight excluding hydrogens is 475 g/mol. The molecule has 0 rings (SSSR count). The monoisotopic (exact) mass is 500 g/mol. The topological polar surface area (TPSA) is 419 Å². The molecule has 0 radical (unpaired) electrons. The van der Waals surface area contributed by atoms with Crippen LogP contribution in [0.4, 0.5) is 0 Å². The molecule has 168 valence electrons. The minimum Gasteiger partial charge on any atom is -1.00 e. The van der Waals surface area contributed by atoms with Crippen molar-refractivity contribution in [3.05, 3.63) is 0 Å². The standard InChI is InChI=1S/C6H12O6.ClH.K.Mg.H2O4S.7H2O/c7-1-3(9)5(11)6(12)4(10)2-8;;;;1-5(2,3)4;;;;;;;/h1,3-6,8-12H,2H2;1H;;;(H2,1,2,3,4);7*1H2/q;;+1;+2;;;;;;;;/p-3/t3-,4+,5+,6+;;;;;;;;;;;/m0.........../s1. The van der Waals surface area contributed by atoms with Crippen LogP contribution < -0.4 is 63.8 Å². The Kier molecular flexibility index (Phi) is 123. The van der Waals surface area contributed by atoms with Gasteiger partial charge in [-0.2, -0.15) is 0 Å². The molecule has 0 fully saturated rings. The van der Waals surface area contributed by atoms with Crippen molar-refractivity contribution in [1.29, 1.82) is 0 Å². The summed E-state index contributed by atoms with van der Waals surface area (Å²) in [5.74, 6) is 0. The van der Waals surface area contributed by atoms with Gasteiger partial charge in [-0.3, -0.25) is 8.42 Å². The number of rotatable bonds is 5. The van der Waals surface area contributed by atoms with Crippen LogP contribution in [0.1, 0.15) is 0 Å². The first kappa shape index (κ1) is 78.9. The van der Waals surface area contributed by atoms with Gasteiger partial charge in [-0.25, -0.2) is 0 Å². The summed E-state index contributed by atoms with van der Waals surface area (Å²) in [4.78, 5) is 9.90. The molecular formula is C6H26ClKMgO17S. The Labute approximate surface area is 218 Å². The third kappa shape index (κ3) is 58.4. The first-order valence-electron chi connectivity index (χ1n) is 3.99. The van der Waals surface area contributed by atoms with Gasteiger partial charge in [-0.1, -0.05) is 0 Å². The number of carbonyl (C=O) groups is 1. The van der Waals surface area contributed by atoms with Gasteiger partial charge < -0.3 is 90.2 Å². The fourth-order valence-electron chi connectivity index (χ4n) is 0.618. The molecule has 0 unspecified atom stereocenters. The largest absolute Gasteiger partial charge is 2.00 e. The van der Waals surface area contributed by atoms with Gasteiger partial charge in [0.1, 0.15) is 24.4 Å². The first-order chi connectivity index (χ1) is 7.54. The zero-order chi connectivity index (χ0) is 14.2. The van der Waals surface area contributed by atoms with Crippen LogP contribution in [0.5, 0.6) is 0 Å². The van der Waals surface area contributed by atoms with Crippen molar-refractivity contribution >= 4 is 39.7 Å². The predicted octanol–water partition coefficient (Wildman–Crippen LogP) is -16.9. The van der Waals surface area contributed by atoms with E-state index in [1.165, 1.54) is 0 Å². The number of aldehydes is 1. The van der Waals surface area contributed by atoms with E-state index in [1.54, 1.807) is 0 Å². The minimum atomic E-state index is -5.17. The molecule has 21 heteroatoms. The van der Waals surface area contributed by atoms with Crippen LogP contribution in [0.25, 0.3) is 0 Å². The Balaban J connectivity index is -0.0000000137. The number of halogens is 1. The van der Waals surface area contributed by atoms with E-state index in [0.29, 0.717) is 0 Å². The van der Waals surface area contributed by atoms with Crippen LogP contribution in [0.15, 0.2) is 0 Å². The van der Waals surface area contributed by atoms with Gasteiger partial charge in [-0.05, 0) is 0 Å². The van der Waals surface area contributed by atoms with E-state index in [2.05, 4.69) is 0 Å². The Hall–Kier alpha value is 1.75. The summed E-state index contributed by atoms with van der Waals surface area (Å²) in [5.41, 5.74) is 0. The van der Waals surface area contributed by atoms with Crippen LogP contribution in [-0.4, -0.2) is 142 Å². The summed E-state index contributed by atoms with van der Waals surface area (Å²) in [6, 6.07) is 0. The second-order valence-electron chi connectivity index (χ2n) is 2.77. The summed E-state index contributed by atoms with van der Waals surface area (Å²) in [6.45, 7) is -0.760. The van der Waals surface area contributed by atoms with Gasteiger partial charge in [0, 0.05) is 10.4 Å². The summed E-state index contributed by atoms with van der Waals surface area (Å²) in [7, 11) is -5.17. The van der Waals surface area contributed by atoms with Crippen molar-refractivity contribution in [1.82, 2.24) is 0 Å². The summed E-state index contributed by atoms with van der Waals surface area (Å²) in [5, 5.41) is 43.5. The maximum atomic E-state index is 9.90. The van der Waals surface area contributed by atoms with E-state index in [4.69, 9.17) is 43.1 Å². The Morgan fingerprint density at radius 1 is 0.815 bits per heavy atom. The maximum absolute atomic E-state index is 9.90. The van der Waals surface area contributed by atoms with Crippen molar-refractivity contribution < 1.29 is 150 Å². The quantitative estimate of drug-likeness (QED) is 0.102. The molecule has 0 heterocycles. The molecule has 27 heavy (non-hydrogen) atoms. The van der Waals surface area contributed by atoms with Crippen LogP contribution >= 0.6 is 0 Å². The van der Waals surface area contributed by atoms with E-state index < -0.39 is 41.4 Å². The molecule has 0 aliphatic heterocycles. The molecule has 0 aromatic carbocycles. The van der Waals surface area contributed by atoms with Gasteiger partial charge in [0.2, 0.25) is 0 Å². The van der Waals surface area contributed by atoms with Gasteiger partial charge in [0.05, 0.1) is 6.61 Å². The van der Waals surface area contributed by atoms with Crippen molar-refractivity contribution in [2.75, 3.05) is 6.61 Å². The van der Waals surface area contributed by atoms with Crippen LogP contribution in [-0.2, 0) is 15.2 Å². The van der Waals surface area contributed by atoms with Crippen molar-refractivity contribution in [2.45, 2.75) is 24.4 Å². The van der Waals surface area contributed by atoms with Gasteiger partial charge in [-0.15, -0.1) is 0 Å². The molecule has 4 atom stereocenters. The zero-order valence-corrected chi connectivity index (χ0v) is 20.0. The molecule has 0 aromatic rings. The smallest absolute Gasteiger partial charge is 1.00 e. The van der Waals surface area contributed by atoms with Gasteiger partial charge in [0.25, 0.3) is 0 Å². The van der Waals surface area contributed by atoms with Gasteiger partial charge in [0.15, 0.2) is 6.29 Å². The second-order valence-corrected chi connectivity index (χ2v) is 3.58. The van der Waals surface area contributed by atoms with Crippen LogP contribution in [0.2, 0.25) is 0 Å². The normalized spacial score (nSPS) is 11.5. The fourth-order valence-corrected chi connectivity index (χ4v) is 0.618. The number of hydrogen-bond acceptors (Lipinski definition) is 10. The predicted molar refractivity (Wildman–Crippen MR) is 78.7 cm³/mol. The molecule has 17 nitrogen and oxygen atoms in total. The average Bonchev–Trinajstić information content (AvgIpc) is 2.22. The van der Waals surface area contributed by atoms with E-state index in [0.717, 1.165) is 0 Å².